The average molecular weight is 764 g/mol. The molecule has 0 amide bonds. The van der Waals surface area contributed by atoms with Gasteiger partial charge in [0, 0.05) is 32.5 Å². The molecule has 10 aromatic carbocycles. The minimum atomic E-state index is -0.123. The summed E-state index contributed by atoms with van der Waals surface area (Å²) in [6.07, 6.45) is 0. The molecule has 0 bridgehead atoms. The van der Waals surface area contributed by atoms with Crippen molar-refractivity contribution in [2.75, 3.05) is 0 Å². The lowest BCUT2D eigenvalue weighted by molar-refractivity contribution is 0.666. The summed E-state index contributed by atoms with van der Waals surface area (Å²) in [5.74, 6) is 0.663. The summed E-state index contributed by atoms with van der Waals surface area (Å²) < 4.78 is 2.30. The molecule has 0 N–H and O–H groups in total. The lowest BCUT2D eigenvalue weighted by atomic mass is 9.80. The molecule has 1 aliphatic rings. The molecule has 3 heteroatoms. The quantitative estimate of drug-likeness (QED) is 0.168. The topological polar surface area (TPSA) is 30.7 Å². The van der Waals surface area contributed by atoms with Crippen LogP contribution in [0.1, 0.15) is 25.0 Å². The van der Waals surface area contributed by atoms with E-state index < -0.39 is 0 Å². The van der Waals surface area contributed by atoms with Crippen molar-refractivity contribution in [3.63, 3.8) is 0 Å². The first-order valence-electron chi connectivity index (χ1n) is 20.8. The molecule has 0 spiro atoms. The molecule has 13 rings (SSSR count). The summed E-state index contributed by atoms with van der Waals surface area (Å²) in [4.78, 5) is 11.3. The van der Waals surface area contributed by atoms with Crippen molar-refractivity contribution in [2.24, 2.45) is 0 Å². The molecule has 60 heavy (non-hydrogen) atoms. The van der Waals surface area contributed by atoms with Crippen LogP contribution in [0.3, 0.4) is 0 Å². The van der Waals surface area contributed by atoms with Crippen LogP contribution in [0.25, 0.3) is 115 Å². The van der Waals surface area contributed by atoms with Crippen LogP contribution in [0.4, 0.5) is 0 Å². The maximum Gasteiger partial charge on any atom is 0.235 e. The van der Waals surface area contributed by atoms with Crippen molar-refractivity contribution in [1.29, 1.82) is 0 Å². The highest BCUT2D eigenvalue weighted by atomic mass is 15.2. The normalized spacial score (nSPS) is 13.3. The lowest BCUT2D eigenvalue weighted by Crippen LogP contribution is -2.15. The Morgan fingerprint density at radius 2 is 1.03 bits per heavy atom. The third kappa shape index (κ3) is 4.60. The molecular formula is C57H37N3. The van der Waals surface area contributed by atoms with Gasteiger partial charge in [0.15, 0.2) is 0 Å². The van der Waals surface area contributed by atoms with E-state index in [4.69, 9.17) is 9.97 Å². The van der Waals surface area contributed by atoms with Gasteiger partial charge in [0.1, 0.15) is 0 Å². The van der Waals surface area contributed by atoms with Gasteiger partial charge in [-0.25, -0.2) is 9.97 Å². The average Bonchev–Trinajstić information content (AvgIpc) is 3.75. The monoisotopic (exact) mass is 763 g/mol. The minimum absolute atomic E-state index is 0.123. The molecule has 12 aromatic rings. The number of aromatic nitrogens is 3. The largest absolute Gasteiger partial charge is 0.278 e. The van der Waals surface area contributed by atoms with E-state index in [0.29, 0.717) is 5.95 Å². The second-order valence-corrected chi connectivity index (χ2v) is 16.9. The van der Waals surface area contributed by atoms with Crippen molar-refractivity contribution in [3.8, 4) is 39.5 Å². The van der Waals surface area contributed by atoms with Gasteiger partial charge in [0.25, 0.3) is 0 Å². The van der Waals surface area contributed by atoms with E-state index in [2.05, 4.69) is 206 Å². The summed E-state index contributed by atoms with van der Waals surface area (Å²) in [7, 11) is 0. The van der Waals surface area contributed by atoms with E-state index in [1.165, 1.54) is 76.5 Å². The van der Waals surface area contributed by atoms with Crippen LogP contribution < -0.4 is 0 Å². The first-order chi connectivity index (χ1) is 29.5. The molecule has 0 aliphatic heterocycles. The molecule has 0 fully saturated rings. The first kappa shape index (κ1) is 33.4. The summed E-state index contributed by atoms with van der Waals surface area (Å²) >= 11 is 0. The molecule has 2 heterocycles. The van der Waals surface area contributed by atoms with Crippen LogP contribution in [-0.4, -0.2) is 14.5 Å². The molecule has 280 valence electrons. The third-order valence-corrected chi connectivity index (χ3v) is 13.3. The number of hydrogen-bond acceptors (Lipinski definition) is 2. The zero-order valence-electron chi connectivity index (χ0n) is 33.2. The Balaban J connectivity index is 1.10. The zero-order chi connectivity index (χ0) is 39.7. The first-order valence-corrected chi connectivity index (χ1v) is 20.8. The molecule has 0 saturated carbocycles. The van der Waals surface area contributed by atoms with Crippen LogP contribution >= 0.6 is 0 Å². The number of fused-ring (bicyclic) bond motifs is 15. The lowest BCUT2D eigenvalue weighted by Gasteiger charge is -2.23. The van der Waals surface area contributed by atoms with Crippen molar-refractivity contribution >= 4 is 75.8 Å². The van der Waals surface area contributed by atoms with Gasteiger partial charge in [-0.15, -0.1) is 0 Å². The van der Waals surface area contributed by atoms with Crippen molar-refractivity contribution in [2.45, 2.75) is 19.3 Å². The standard InChI is InChI=1S/C57H37N3/c1-57(2)49-21-11-9-17-42(49)45-30-29-39-32-51-48(33-47(39)53(45)57)43-18-10-12-22-50(43)60(51)56-58-54(36-26-23-35(24-27-36)38-28-25-34-13-3-4-14-37(34)31-38)52-44-19-7-5-15-40(44)41-16-6-8-20-46(41)55(52)59-56/h3-33H,1-2H3. The van der Waals surface area contributed by atoms with E-state index in [1.54, 1.807) is 0 Å². The summed E-state index contributed by atoms with van der Waals surface area (Å²) in [5.41, 5.74) is 12.8. The highest BCUT2D eigenvalue weighted by molar-refractivity contribution is 6.27. The molecule has 0 saturated heterocycles. The van der Waals surface area contributed by atoms with Gasteiger partial charge < -0.3 is 0 Å². The highest BCUT2D eigenvalue weighted by Crippen LogP contribution is 2.52. The van der Waals surface area contributed by atoms with Crippen molar-refractivity contribution in [3.05, 3.63) is 199 Å². The maximum absolute atomic E-state index is 5.65. The fourth-order valence-corrected chi connectivity index (χ4v) is 10.6. The van der Waals surface area contributed by atoms with Gasteiger partial charge in [-0.1, -0.05) is 178 Å². The van der Waals surface area contributed by atoms with E-state index in [9.17, 15) is 0 Å². The van der Waals surface area contributed by atoms with Gasteiger partial charge in [0.2, 0.25) is 5.95 Å². The Bertz CT molecular complexity index is 3800. The summed E-state index contributed by atoms with van der Waals surface area (Å²) in [6, 6.07) is 68.7. The molecule has 1 aliphatic carbocycles. The molecule has 3 nitrogen and oxygen atoms in total. The van der Waals surface area contributed by atoms with Crippen molar-refractivity contribution in [1.82, 2.24) is 14.5 Å². The van der Waals surface area contributed by atoms with Crippen LogP contribution in [0, 0.1) is 0 Å². The molecule has 2 aromatic heterocycles. The minimum Gasteiger partial charge on any atom is -0.278 e. The molecule has 0 radical (unpaired) electrons. The Morgan fingerprint density at radius 1 is 0.400 bits per heavy atom. The van der Waals surface area contributed by atoms with Crippen LogP contribution in [-0.2, 0) is 5.41 Å². The van der Waals surface area contributed by atoms with Gasteiger partial charge in [-0.2, -0.15) is 0 Å². The third-order valence-electron chi connectivity index (χ3n) is 13.3. The number of para-hydroxylation sites is 1. The molecule has 0 unspecified atom stereocenters. The second kappa shape index (κ2) is 12.2. The van der Waals surface area contributed by atoms with Gasteiger partial charge in [0.05, 0.1) is 22.2 Å². The Kier molecular flexibility index (Phi) is 6.78. The Hall–Kier alpha value is -7.62. The Labute approximate surface area is 346 Å². The predicted octanol–water partition coefficient (Wildman–Crippen LogP) is 15.0. The van der Waals surface area contributed by atoms with E-state index in [-0.39, 0.29) is 5.41 Å². The van der Waals surface area contributed by atoms with Crippen LogP contribution in [0.15, 0.2) is 188 Å². The second-order valence-electron chi connectivity index (χ2n) is 16.9. The molecule has 0 atom stereocenters. The van der Waals surface area contributed by atoms with E-state index in [1.807, 2.05) is 0 Å². The van der Waals surface area contributed by atoms with Gasteiger partial charge in [-0.3, -0.25) is 4.57 Å². The van der Waals surface area contributed by atoms with Crippen molar-refractivity contribution < 1.29 is 0 Å². The maximum atomic E-state index is 5.65. The summed E-state index contributed by atoms with van der Waals surface area (Å²) in [5, 5.41) is 13.1. The SMILES string of the molecule is CC1(C)c2ccccc2-c2ccc3cc4c(cc3c21)c1ccccc1n4-c1nc(-c2ccc(-c3ccc4ccccc4c3)cc2)c2c3ccccc3c3ccccc3c2n1. The molecular weight excluding hydrogens is 727 g/mol. The summed E-state index contributed by atoms with van der Waals surface area (Å²) in [6.45, 7) is 4.74. The number of benzene rings is 10. The fourth-order valence-electron chi connectivity index (χ4n) is 10.6. The van der Waals surface area contributed by atoms with Gasteiger partial charge >= 0.3 is 0 Å². The highest BCUT2D eigenvalue weighted by Gasteiger charge is 2.37. The number of rotatable bonds is 3. The Morgan fingerprint density at radius 3 is 1.87 bits per heavy atom. The number of nitrogens with zero attached hydrogens (tertiary/aromatic N) is 3. The predicted molar refractivity (Wildman–Crippen MR) is 252 cm³/mol. The van der Waals surface area contributed by atoms with Gasteiger partial charge in [-0.05, 0) is 95.3 Å². The number of hydrogen-bond donors (Lipinski definition) is 0. The zero-order valence-corrected chi connectivity index (χ0v) is 33.2. The van der Waals surface area contributed by atoms with E-state index in [0.717, 1.165) is 44.0 Å². The smallest absolute Gasteiger partial charge is 0.235 e. The fraction of sp³-hybridized carbons (Fsp3) is 0.0526. The van der Waals surface area contributed by atoms with Crippen LogP contribution in [0.5, 0.6) is 0 Å². The van der Waals surface area contributed by atoms with Crippen LogP contribution in [0.2, 0.25) is 0 Å². The van der Waals surface area contributed by atoms with E-state index >= 15 is 0 Å².